The summed E-state index contributed by atoms with van der Waals surface area (Å²) >= 11 is 0. The molecule has 80 valence electrons. The lowest BCUT2D eigenvalue weighted by Crippen LogP contribution is -2.20. The first kappa shape index (κ1) is 11.2. The van der Waals surface area contributed by atoms with Gasteiger partial charge in [0.15, 0.2) is 0 Å². The predicted molar refractivity (Wildman–Crippen MR) is 53.8 cm³/mol. The molecule has 14 heavy (non-hydrogen) atoms. The topological polar surface area (TPSA) is 57.5 Å². The second kappa shape index (κ2) is 4.60. The number of fused-ring (bicyclic) bond motifs is 2. The second-order valence-corrected chi connectivity index (χ2v) is 4.21. The predicted octanol–water partition coefficient (Wildman–Crippen LogP) is 1.67. The van der Waals surface area contributed by atoms with Crippen LogP contribution in [0.1, 0.15) is 26.2 Å². The van der Waals surface area contributed by atoms with Gasteiger partial charge in [-0.2, -0.15) is 0 Å². The number of aliphatic hydroxyl groups is 1. The number of hydrogen-bond acceptors (Lipinski definition) is 2. The van der Waals surface area contributed by atoms with Crippen LogP contribution in [0.2, 0.25) is 0 Å². The van der Waals surface area contributed by atoms with E-state index >= 15 is 0 Å². The maximum absolute atomic E-state index is 9.40. The monoisotopic (exact) mass is 198 g/mol. The van der Waals surface area contributed by atoms with E-state index in [4.69, 9.17) is 9.90 Å². The van der Waals surface area contributed by atoms with E-state index in [-0.39, 0.29) is 6.10 Å². The SMILES string of the molecule is C=CC1CC2CC1CC2O.CC(=O)O. The fourth-order valence-corrected chi connectivity index (χ4v) is 2.58. The average Bonchev–Trinajstić information content (AvgIpc) is 2.60. The first-order valence-corrected chi connectivity index (χ1v) is 5.04. The number of aliphatic hydroxyl groups excluding tert-OH is 1. The number of carbonyl (C=O) groups is 1. The van der Waals surface area contributed by atoms with Gasteiger partial charge in [0, 0.05) is 6.92 Å². The Bertz CT molecular complexity index is 219. The normalized spacial score (nSPS) is 38.7. The molecular formula is C11H18O3. The third kappa shape index (κ3) is 2.58. The highest BCUT2D eigenvalue weighted by molar-refractivity contribution is 5.62. The number of rotatable bonds is 1. The second-order valence-electron chi connectivity index (χ2n) is 4.21. The van der Waals surface area contributed by atoms with Crippen LogP contribution < -0.4 is 0 Å². The largest absolute Gasteiger partial charge is 0.481 e. The summed E-state index contributed by atoms with van der Waals surface area (Å²) in [5, 5.41) is 16.8. The Balaban J connectivity index is 0.000000213. The van der Waals surface area contributed by atoms with E-state index in [0.717, 1.165) is 19.3 Å². The van der Waals surface area contributed by atoms with Gasteiger partial charge in [-0.1, -0.05) is 6.08 Å². The van der Waals surface area contributed by atoms with E-state index in [1.807, 2.05) is 0 Å². The van der Waals surface area contributed by atoms with E-state index in [2.05, 4.69) is 12.7 Å². The fraction of sp³-hybridized carbons (Fsp3) is 0.727. The van der Waals surface area contributed by atoms with Crippen molar-refractivity contribution in [3.8, 4) is 0 Å². The minimum atomic E-state index is -0.833. The van der Waals surface area contributed by atoms with E-state index in [9.17, 15) is 5.11 Å². The van der Waals surface area contributed by atoms with Gasteiger partial charge in [-0.15, -0.1) is 6.58 Å². The molecule has 2 N–H and O–H groups in total. The molecule has 3 nitrogen and oxygen atoms in total. The lowest BCUT2D eigenvalue weighted by atomic mass is 9.87. The van der Waals surface area contributed by atoms with Crippen molar-refractivity contribution < 1.29 is 15.0 Å². The summed E-state index contributed by atoms with van der Waals surface area (Å²) in [5.74, 6) is 1.25. The van der Waals surface area contributed by atoms with Crippen molar-refractivity contribution in [1.82, 2.24) is 0 Å². The zero-order valence-corrected chi connectivity index (χ0v) is 8.52. The molecule has 3 heteroatoms. The van der Waals surface area contributed by atoms with Crippen molar-refractivity contribution in [2.45, 2.75) is 32.3 Å². The maximum atomic E-state index is 9.40. The number of carboxylic acids is 1. The Morgan fingerprint density at radius 3 is 2.21 bits per heavy atom. The third-order valence-electron chi connectivity index (χ3n) is 3.18. The van der Waals surface area contributed by atoms with Gasteiger partial charge >= 0.3 is 0 Å². The van der Waals surface area contributed by atoms with Crippen LogP contribution in [-0.4, -0.2) is 22.3 Å². The maximum Gasteiger partial charge on any atom is 0.300 e. The van der Waals surface area contributed by atoms with Crippen molar-refractivity contribution >= 4 is 5.97 Å². The molecule has 0 amide bonds. The Morgan fingerprint density at radius 1 is 1.36 bits per heavy atom. The molecular weight excluding hydrogens is 180 g/mol. The Kier molecular flexibility index (Phi) is 3.69. The molecule has 2 rings (SSSR count). The summed E-state index contributed by atoms with van der Waals surface area (Å²) in [7, 11) is 0. The summed E-state index contributed by atoms with van der Waals surface area (Å²) < 4.78 is 0. The highest BCUT2D eigenvalue weighted by atomic mass is 16.4. The van der Waals surface area contributed by atoms with Gasteiger partial charge < -0.3 is 10.2 Å². The van der Waals surface area contributed by atoms with Crippen LogP contribution >= 0.6 is 0 Å². The number of aliphatic carboxylic acids is 1. The molecule has 4 atom stereocenters. The van der Waals surface area contributed by atoms with Gasteiger partial charge in [0.25, 0.3) is 5.97 Å². The summed E-state index contributed by atoms with van der Waals surface area (Å²) in [6.07, 6.45) is 5.55. The molecule has 2 fully saturated rings. The molecule has 2 aliphatic carbocycles. The lowest BCUT2D eigenvalue weighted by molar-refractivity contribution is -0.134. The van der Waals surface area contributed by atoms with Crippen LogP contribution in [0.4, 0.5) is 0 Å². The van der Waals surface area contributed by atoms with Gasteiger partial charge in [-0.25, -0.2) is 0 Å². The lowest BCUT2D eigenvalue weighted by Gasteiger charge is -2.21. The van der Waals surface area contributed by atoms with Crippen molar-refractivity contribution in [1.29, 1.82) is 0 Å². The minimum Gasteiger partial charge on any atom is -0.481 e. The molecule has 0 aromatic carbocycles. The molecule has 0 saturated heterocycles. The van der Waals surface area contributed by atoms with Gasteiger partial charge in [0.1, 0.15) is 0 Å². The van der Waals surface area contributed by atoms with E-state index in [1.165, 1.54) is 12.8 Å². The molecule has 0 aromatic rings. The van der Waals surface area contributed by atoms with Gasteiger partial charge in [-0.05, 0) is 37.0 Å². The number of hydrogen-bond donors (Lipinski definition) is 2. The van der Waals surface area contributed by atoms with Crippen LogP contribution in [0.25, 0.3) is 0 Å². The first-order chi connectivity index (χ1) is 6.54. The molecule has 2 aliphatic rings. The summed E-state index contributed by atoms with van der Waals surface area (Å²) in [6.45, 7) is 4.89. The van der Waals surface area contributed by atoms with Crippen LogP contribution in [0, 0.1) is 17.8 Å². The minimum absolute atomic E-state index is 0.0150. The third-order valence-corrected chi connectivity index (χ3v) is 3.18. The quantitative estimate of drug-likeness (QED) is 0.630. The zero-order chi connectivity index (χ0) is 10.7. The molecule has 2 bridgehead atoms. The van der Waals surface area contributed by atoms with Crippen LogP contribution in [0.15, 0.2) is 12.7 Å². The first-order valence-electron chi connectivity index (χ1n) is 5.04. The highest BCUT2D eigenvalue weighted by Crippen LogP contribution is 2.48. The highest BCUT2D eigenvalue weighted by Gasteiger charge is 2.43. The van der Waals surface area contributed by atoms with Gasteiger partial charge in [0.2, 0.25) is 0 Å². The van der Waals surface area contributed by atoms with Crippen molar-refractivity contribution in [3.05, 3.63) is 12.7 Å². The molecule has 4 unspecified atom stereocenters. The Morgan fingerprint density at radius 2 is 1.93 bits per heavy atom. The Labute approximate surface area is 84.4 Å². The number of carboxylic acid groups (broad SMARTS) is 1. The molecule has 2 saturated carbocycles. The summed E-state index contributed by atoms with van der Waals surface area (Å²) in [4.78, 5) is 9.00. The number of allylic oxidation sites excluding steroid dienone is 1. The average molecular weight is 198 g/mol. The molecule has 0 radical (unpaired) electrons. The van der Waals surface area contributed by atoms with Gasteiger partial charge in [-0.3, -0.25) is 4.79 Å². The summed E-state index contributed by atoms with van der Waals surface area (Å²) in [6, 6.07) is 0. The van der Waals surface area contributed by atoms with Crippen LogP contribution in [0.3, 0.4) is 0 Å². The van der Waals surface area contributed by atoms with E-state index in [1.54, 1.807) is 0 Å². The van der Waals surface area contributed by atoms with E-state index in [0.29, 0.717) is 11.8 Å². The molecule has 0 aliphatic heterocycles. The van der Waals surface area contributed by atoms with Gasteiger partial charge in [0.05, 0.1) is 6.10 Å². The van der Waals surface area contributed by atoms with E-state index < -0.39 is 5.97 Å². The van der Waals surface area contributed by atoms with Crippen LogP contribution in [0.5, 0.6) is 0 Å². The zero-order valence-electron chi connectivity index (χ0n) is 8.52. The van der Waals surface area contributed by atoms with Crippen molar-refractivity contribution in [3.63, 3.8) is 0 Å². The summed E-state index contributed by atoms with van der Waals surface area (Å²) in [5.41, 5.74) is 0. The molecule has 0 spiro atoms. The smallest absolute Gasteiger partial charge is 0.300 e. The standard InChI is InChI=1S/C9H14O.C2H4O2/c1-2-6-3-8-4-7(6)5-9(8)10;1-2(3)4/h2,6-10H,1,3-5H2;1H3,(H,3,4). The van der Waals surface area contributed by atoms with Crippen molar-refractivity contribution in [2.75, 3.05) is 0 Å². The molecule has 0 aromatic heterocycles. The van der Waals surface area contributed by atoms with Crippen molar-refractivity contribution in [2.24, 2.45) is 17.8 Å². The fourth-order valence-electron chi connectivity index (χ4n) is 2.58. The molecule has 0 heterocycles. The van der Waals surface area contributed by atoms with Crippen LogP contribution in [-0.2, 0) is 4.79 Å². The Hall–Kier alpha value is -0.830.